The number of hydrogen-bond acceptors (Lipinski definition) is 4. The van der Waals surface area contributed by atoms with Crippen molar-refractivity contribution in [1.29, 1.82) is 0 Å². The summed E-state index contributed by atoms with van der Waals surface area (Å²) in [7, 11) is 0. The van der Waals surface area contributed by atoms with Gasteiger partial charge >= 0.3 is 0 Å². The monoisotopic (exact) mass is 388 g/mol. The van der Waals surface area contributed by atoms with Crippen LogP contribution in [0.3, 0.4) is 0 Å². The minimum Gasteiger partial charge on any atom is -0.484 e. The van der Waals surface area contributed by atoms with Gasteiger partial charge in [0.15, 0.2) is 6.61 Å². The van der Waals surface area contributed by atoms with Gasteiger partial charge < -0.3 is 9.64 Å². The number of carbonyl (C=O) groups excluding carboxylic acids is 1. The van der Waals surface area contributed by atoms with E-state index >= 15 is 0 Å². The highest BCUT2D eigenvalue weighted by atomic mass is 32.1. The van der Waals surface area contributed by atoms with Crippen LogP contribution in [0.25, 0.3) is 21.0 Å². The molecule has 1 atom stereocenters. The van der Waals surface area contributed by atoms with Gasteiger partial charge in [-0.25, -0.2) is 4.98 Å². The number of para-hydroxylation sites is 1. The molecule has 5 rings (SSSR count). The second kappa shape index (κ2) is 7.24. The number of benzene rings is 3. The zero-order valence-corrected chi connectivity index (χ0v) is 16.2. The second-order valence-corrected chi connectivity index (χ2v) is 8.12. The molecule has 1 saturated heterocycles. The van der Waals surface area contributed by atoms with E-state index < -0.39 is 0 Å². The maximum atomic E-state index is 12.9. The van der Waals surface area contributed by atoms with E-state index in [0.717, 1.165) is 46.4 Å². The fraction of sp³-hybridized carbons (Fsp3) is 0.217. The number of aromatic nitrogens is 1. The first kappa shape index (κ1) is 17.2. The summed E-state index contributed by atoms with van der Waals surface area (Å²) in [4.78, 5) is 19.6. The van der Waals surface area contributed by atoms with Crippen LogP contribution in [0.15, 0.2) is 66.7 Å². The first-order valence-electron chi connectivity index (χ1n) is 9.54. The maximum Gasteiger partial charge on any atom is 0.261 e. The van der Waals surface area contributed by atoms with Crippen LogP contribution in [-0.4, -0.2) is 28.9 Å². The third-order valence-electron chi connectivity index (χ3n) is 5.25. The number of fused-ring (bicyclic) bond motifs is 2. The van der Waals surface area contributed by atoms with Crippen LogP contribution in [0.4, 0.5) is 0 Å². The molecule has 1 aliphatic heterocycles. The highest BCUT2D eigenvalue weighted by Crippen LogP contribution is 2.36. The minimum absolute atomic E-state index is 0.0231. The lowest BCUT2D eigenvalue weighted by Crippen LogP contribution is -2.34. The molecule has 1 aromatic heterocycles. The van der Waals surface area contributed by atoms with Gasteiger partial charge in [0.25, 0.3) is 5.91 Å². The molecule has 140 valence electrons. The van der Waals surface area contributed by atoms with Gasteiger partial charge in [-0.05, 0) is 47.9 Å². The van der Waals surface area contributed by atoms with Crippen LogP contribution in [0.1, 0.15) is 23.9 Å². The molecule has 1 amide bonds. The number of likely N-dealkylation sites (tertiary alicyclic amines) is 1. The van der Waals surface area contributed by atoms with Crippen molar-refractivity contribution in [1.82, 2.24) is 9.88 Å². The van der Waals surface area contributed by atoms with Crippen molar-refractivity contribution in [3.63, 3.8) is 0 Å². The minimum atomic E-state index is 0.0231. The molecule has 2 heterocycles. The van der Waals surface area contributed by atoms with E-state index in [4.69, 9.17) is 9.72 Å². The van der Waals surface area contributed by atoms with Crippen LogP contribution in [-0.2, 0) is 4.79 Å². The number of rotatable bonds is 4. The van der Waals surface area contributed by atoms with Crippen molar-refractivity contribution < 1.29 is 9.53 Å². The Bertz CT molecular complexity index is 1120. The van der Waals surface area contributed by atoms with Gasteiger partial charge in [0.05, 0.1) is 16.3 Å². The van der Waals surface area contributed by atoms with Crippen molar-refractivity contribution in [3.8, 4) is 5.75 Å². The molecule has 0 radical (unpaired) electrons. The Balaban J connectivity index is 1.30. The lowest BCUT2D eigenvalue weighted by molar-refractivity contribution is -0.134. The zero-order chi connectivity index (χ0) is 18.9. The average Bonchev–Trinajstić information content (AvgIpc) is 3.38. The number of thiazole rings is 1. The second-order valence-electron chi connectivity index (χ2n) is 7.06. The smallest absolute Gasteiger partial charge is 0.261 e. The molecule has 1 aliphatic rings. The summed E-state index contributed by atoms with van der Waals surface area (Å²) in [5.74, 6) is 0.748. The van der Waals surface area contributed by atoms with Gasteiger partial charge in [-0.15, -0.1) is 11.3 Å². The van der Waals surface area contributed by atoms with E-state index in [1.807, 2.05) is 59.5 Å². The van der Waals surface area contributed by atoms with E-state index in [1.54, 1.807) is 11.3 Å². The van der Waals surface area contributed by atoms with E-state index in [9.17, 15) is 4.79 Å². The summed E-state index contributed by atoms with van der Waals surface area (Å²) in [6.07, 6.45) is 1.96. The van der Waals surface area contributed by atoms with Crippen molar-refractivity contribution in [3.05, 3.63) is 71.7 Å². The number of nitrogens with zero attached hydrogens (tertiary/aromatic N) is 2. The maximum absolute atomic E-state index is 12.9. The van der Waals surface area contributed by atoms with Gasteiger partial charge in [0.2, 0.25) is 0 Å². The van der Waals surface area contributed by atoms with E-state index in [2.05, 4.69) is 12.1 Å². The summed E-state index contributed by atoms with van der Waals surface area (Å²) in [6.45, 7) is 0.820. The molecule has 0 saturated carbocycles. The molecule has 0 bridgehead atoms. The standard InChI is InChI=1S/C23H20N2O2S/c26-22(15-27-18-12-11-16-6-1-2-7-17(16)14-18)25-13-5-9-20(25)23-24-19-8-3-4-10-21(19)28-23/h1-4,6-8,10-12,14,20H,5,9,13,15H2/t20-/m0/s1. The molecule has 4 aromatic rings. The Morgan fingerprint density at radius 1 is 1.07 bits per heavy atom. The molecular formula is C23H20N2O2S. The van der Waals surface area contributed by atoms with Crippen LogP contribution in [0, 0.1) is 0 Å². The quantitative estimate of drug-likeness (QED) is 0.483. The third-order valence-corrected chi connectivity index (χ3v) is 6.39. The predicted octanol–water partition coefficient (Wildman–Crippen LogP) is 5.19. The lowest BCUT2D eigenvalue weighted by atomic mass is 10.1. The van der Waals surface area contributed by atoms with Gasteiger partial charge in [-0.2, -0.15) is 0 Å². The largest absolute Gasteiger partial charge is 0.484 e. The Morgan fingerprint density at radius 3 is 2.79 bits per heavy atom. The van der Waals surface area contributed by atoms with Gasteiger partial charge in [0.1, 0.15) is 10.8 Å². The fourth-order valence-corrected chi connectivity index (χ4v) is 4.95. The van der Waals surface area contributed by atoms with Crippen LogP contribution >= 0.6 is 11.3 Å². The Kier molecular flexibility index (Phi) is 4.45. The van der Waals surface area contributed by atoms with Gasteiger partial charge in [-0.3, -0.25) is 4.79 Å². The van der Waals surface area contributed by atoms with Crippen molar-refractivity contribution in [2.24, 2.45) is 0 Å². The van der Waals surface area contributed by atoms with Crippen LogP contribution in [0.5, 0.6) is 5.75 Å². The molecule has 3 aromatic carbocycles. The fourth-order valence-electron chi connectivity index (χ4n) is 3.84. The Morgan fingerprint density at radius 2 is 1.89 bits per heavy atom. The predicted molar refractivity (Wildman–Crippen MR) is 113 cm³/mol. The molecule has 0 N–H and O–H groups in total. The summed E-state index contributed by atoms with van der Waals surface area (Å²) in [5.41, 5.74) is 1.01. The number of carbonyl (C=O) groups is 1. The number of hydrogen-bond donors (Lipinski definition) is 0. The summed E-state index contributed by atoms with van der Waals surface area (Å²) < 4.78 is 6.99. The molecule has 0 aliphatic carbocycles. The topological polar surface area (TPSA) is 42.4 Å². The summed E-state index contributed by atoms with van der Waals surface area (Å²) >= 11 is 1.69. The molecular weight excluding hydrogens is 368 g/mol. The number of ether oxygens (including phenoxy) is 1. The van der Waals surface area contributed by atoms with E-state index in [-0.39, 0.29) is 18.6 Å². The van der Waals surface area contributed by atoms with E-state index in [1.165, 1.54) is 4.70 Å². The highest BCUT2D eigenvalue weighted by molar-refractivity contribution is 7.18. The lowest BCUT2D eigenvalue weighted by Gasteiger charge is -2.23. The highest BCUT2D eigenvalue weighted by Gasteiger charge is 2.32. The van der Waals surface area contributed by atoms with Gasteiger partial charge in [-0.1, -0.05) is 42.5 Å². The average molecular weight is 388 g/mol. The third kappa shape index (κ3) is 3.22. The zero-order valence-electron chi connectivity index (χ0n) is 15.4. The summed E-state index contributed by atoms with van der Waals surface area (Å²) in [6, 6.07) is 22.3. The molecule has 4 nitrogen and oxygen atoms in total. The Labute approximate surface area is 167 Å². The van der Waals surface area contributed by atoms with Crippen LogP contribution in [0.2, 0.25) is 0 Å². The molecule has 0 spiro atoms. The molecule has 1 fully saturated rings. The molecule has 0 unspecified atom stereocenters. The molecule has 5 heteroatoms. The number of amides is 1. The normalized spacial score (nSPS) is 16.7. The molecule has 28 heavy (non-hydrogen) atoms. The summed E-state index contributed by atoms with van der Waals surface area (Å²) in [5, 5.41) is 3.30. The van der Waals surface area contributed by atoms with Crippen LogP contribution < -0.4 is 4.74 Å². The van der Waals surface area contributed by atoms with Gasteiger partial charge in [0, 0.05) is 6.54 Å². The van der Waals surface area contributed by atoms with Crippen molar-refractivity contribution >= 4 is 38.2 Å². The van der Waals surface area contributed by atoms with Crippen molar-refractivity contribution in [2.75, 3.05) is 13.2 Å². The van der Waals surface area contributed by atoms with E-state index in [0.29, 0.717) is 0 Å². The first-order chi connectivity index (χ1) is 13.8. The Hall–Kier alpha value is -2.92. The van der Waals surface area contributed by atoms with Crippen molar-refractivity contribution in [2.45, 2.75) is 18.9 Å². The first-order valence-corrected chi connectivity index (χ1v) is 10.4. The SMILES string of the molecule is O=C(COc1ccc2ccccc2c1)N1CCC[C@H]1c1nc2ccccc2s1.